The van der Waals surface area contributed by atoms with Gasteiger partial charge in [-0.1, -0.05) is 31.1 Å². The summed E-state index contributed by atoms with van der Waals surface area (Å²) in [5.74, 6) is 1.08. The molecule has 6 rings (SSSR count). The summed E-state index contributed by atoms with van der Waals surface area (Å²) in [5, 5.41) is 11.8. The van der Waals surface area contributed by atoms with Gasteiger partial charge in [-0.15, -0.1) is 10.2 Å². The van der Waals surface area contributed by atoms with Crippen molar-refractivity contribution in [3.63, 3.8) is 0 Å². The van der Waals surface area contributed by atoms with Crippen LogP contribution >= 0.6 is 11.3 Å². The van der Waals surface area contributed by atoms with Crippen LogP contribution in [-0.4, -0.2) is 29.3 Å². The van der Waals surface area contributed by atoms with E-state index in [9.17, 15) is 4.79 Å². The summed E-state index contributed by atoms with van der Waals surface area (Å²) in [6, 6.07) is 2.27. The quantitative estimate of drug-likeness (QED) is 0.548. The lowest BCUT2D eigenvalue weighted by Gasteiger charge is -2.29. The third kappa shape index (κ3) is 2.76. The van der Waals surface area contributed by atoms with E-state index in [1.54, 1.807) is 11.3 Å². The molecule has 150 valence electrons. The molecule has 4 aromatic rings. The van der Waals surface area contributed by atoms with Crippen molar-refractivity contribution in [3.8, 4) is 0 Å². The van der Waals surface area contributed by atoms with E-state index in [0.717, 1.165) is 38.5 Å². The maximum Gasteiger partial charge on any atom is 0.329 e. The molecule has 0 aliphatic heterocycles. The number of fused-ring (bicyclic) bond motifs is 3. The number of nitrogens with one attached hydrogen (secondary N) is 1. The highest BCUT2D eigenvalue weighted by molar-refractivity contribution is 7.11. The molecule has 2 saturated carbocycles. The first-order valence-corrected chi connectivity index (χ1v) is 11.4. The molecule has 7 nitrogen and oxygen atoms in total. The fourth-order valence-corrected chi connectivity index (χ4v) is 5.87. The molecule has 0 bridgehead atoms. The van der Waals surface area contributed by atoms with E-state index in [2.05, 4.69) is 31.7 Å². The van der Waals surface area contributed by atoms with Crippen LogP contribution < -0.4 is 5.69 Å². The van der Waals surface area contributed by atoms with Gasteiger partial charge in [-0.25, -0.2) is 9.78 Å². The minimum absolute atomic E-state index is 0.0532. The van der Waals surface area contributed by atoms with E-state index < -0.39 is 0 Å². The molecule has 0 saturated heterocycles. The van der Waals surface area contributed by atoms with Gasteiger partial charge in [0.2, 0.25) is 0 Å². The van der Waals surface area contributed by atoms with Gasteiger partial charge in [0, 0.05) is 23.5 Å². The van der Waals surface area contributed by atoms with Crippen LogP contribution in [0.4, 0.5) is 0 Å². The second kappa shape index (κ2) is 6.52. The zero-order valence-electron chi connectivity index (χ0n) is 16.5. The van der Waals surface area contributed by atoms with Gasteiger partial charge in [-0.3, -0.25) is 9.13 Å². The lowest BCUT2D eigenvalue weighted by Crippen LogP contribution is -2.32. The van der Waals surface area contributed by atoms with Crippen LogP contribution in [0, 0.1) is 5.92 Å². The van der Waals surface area contributed by atoms with Crippen molar-refractivity contribution < 1.29 is 0 Å². The number of aromatic nitrogens is 6. The molecule has 2 aliphatic carbocycles. The summed E-state index contributed by atoms with van der Waals surface area (Å²) in [6.45, 7) is 2.74. The predicted octanol–water partition coefficient (Wildman–Crippen LogP) is 4.21. The molecule has 0 aromatic carbocycles. The molecule has 0 radical (unpaired) electrons. The van der Waals surface area contributed by atoms with Crippen LogP contribution in [0.3, 0.4) is 0 Å². The highest BCUT2D eigenvalue weighted by Gasteiger charge is 2.30. The van der Waals surface area contributed by atoms with Gasteiger partial charge in [0.15, 0.2) is 0 Å². The number of hydrogen-bond acceptors (Lipinski definition) is 5. The molecule has 8 heteroatoms. The van der Waals surface area contributed by atoms with Gasteiger partial charge >= 0.3 is 5.69 Å². The molecule has 4 heterocycles. The molecule has 0 amide bonds. The largest absolute Gasteiger partial charge is 0.346 e. The lowest BCUT2D eigenvalue weighted by molar-refractivity contribution is 0.256. The first-order chi connectivity index (χ1) is 14.2. The number of H-pyrrole nitrogens is 1. The van der Waals surface area contributed by atoms with Crippen LogP contribution in [-0.2, 0) is 6.54 Å². The Morgan fingerprint density at radius 3 is 2.90 bits per heavy atom. The van der Waals surface area contributed by atoms with Crippen LogP contribution in [0.25, 0.3) is 22.1 Å². The standard InChI is InChI=1S/C21H24N6OS/c1-12-4-2-3-5-15(12)27-18-14-8-9-22-19(14)23-10-16(18)26(21(27)28)11-17-24-25-20(29-17)13-6-7-13/h8-10,12-13,15H,2-7,11H2,1H3,(H,22,23)/t12-,15+/m1/s1. The molecule has 0 unspecified atom stereocenters. The molecule has 0 spiro atoms. The second-order valence-corrected chi connectivity index (χ2v) is 9.70. The number of nitrogens with zero attached hydrogens (tertiary/aromatic N) is 5. The maximum absolute atomic E-state index is 13.7. The summed E-state index contributed by atoms with van der Waals surface area (Å²) in [6.07, 6.45) is 10.8. The van der Waals surface area contributed by atoms with E-state index in [0.29, 0.717) is 18.4 Å². The van der Waals surface area contributed by atoms with Crippen LogP contribution in [0.1, 0.15) is 67.4 Å². The van der Waals surface area contributed by atoms with Crippen molar-refractivity contribution in [2.24, 2.45) is 5.92 Å². The van der Waals surface area contributed by atoms with Gasteiger partial charge in [0.05, 0.1) is 23.8 Å². The van der Waals surface area contributed by atoms with Gasteiger partial charge in [-0.05, 0) is 37.7 Å². The van der Waals surface area contributed by atoms with Crippen molar-refractivity contribution in [2.45, 2.75) is 64.0 Å². The Labute approximate surface area is 171 Å². The van der Waals surface area contributed by atoms with Crippen LogP contribution in [0.2, 0.25) is 0 Å². The van der Waals surface area contributed by atoms with Crippen molar-refractivity contribution >= 4 is 33.4 Å². The molecule has 1 N–H and O–H groups in total. The Hall–Kier alpha value is -2.48. The monoisotopic (exact) mass is 408 g/mol. The van der Waals surface area contributed by atoms with Crippen molar-refractivity contribution in [2.75, 3.05) is 0 Å². The number of pyridine rings is 1. The Balaban J connectivity index is 1.54. The average Bonchev–Trinajstić information content (AvgIpc) is 3.17. The molecule has 2 aliphatic rings. The smallest absolute Gasteiger partial charge is 0.329 e. The Morgan fingerprint density at radius 2 is 2.07 bits per heavy atom. The minimum atomic E-state index is 0.0532. The zero-order valence-corrected chi connectivity index (χ0v) is 17.3. The van der Waals surface area contributed by atoms with Crippen LogP contribution in [0.5, 0.6) is 0 Å². The molecular weight excluding hydrogens is 384 g/mol. The highest BCUT2D eigenvalue weighted by Crippen LogP contribution is 2.41. The fraction of sp³-hybridized carbons (Fsp3) is 0.524. The maximum atomic E-state index is 13.7. The number of imidazole rings is 1. The lowest BCUT2D eigenvalue weighted by atomic mass is 9.85. The topological polar surface area (TPSA) is 81.4 Å². The number of hydrogen-bond donors (Lipinski definition) is 1. The second-order valence-electron chi connectivity index (χ2n) is 8.61. The normalized spacial score (nSPS) is 22.7. The molecular formula is C21H24N6OS. The zero-order chi connectivity index (χ0) is 19.5. The van der Waals surface area contributed by atoms with Gasteiger partial charge in [0.25, 0.3) is 0 Å². The summed E-state index contributed by atoms with van der Waals surface area (Å²) in [7, 11) is 0. The molecule has 2 atom stereocenters. The molecule has 29 heavy (non-hydrogen) atoms. The van der Waals surface area contributed by atoms with E-state index in [-0.39, 0.29) is 11.7 Å². The Morgan fingerprint density at radius 1 is 1.21 bits per heavy atom. The van der Waals surface area contributed by atoms with Gasteiger partial charge in [0.1, 0.15) is 15.7 Å². The summed E-state index contributed by atoms with van der Waals surface area (Å²) >= 11 is 1.65. The Kier molecular flexibility index (Phi) is 3.91. The van der Waals surface area contributed by atoms with E-state index >= 15 is 0 Å². The predicted molar refractivity (Wildman–Crippen MR) is 114 cm³/mol. The average molecular weight is 409 g/mol. The number of aromatic amines is 1. The highest BCUT2D eigenvalue weighted by atomic mass is 32.1. The summed E-state index contributed by atoms with van der Waals surface area (Å²) in [4.78, 5) is 21.5. The summed E-state index contributed by atoms with van der Waals surface area (Å²) in [5.41, 5.74) is 2.78. The fourth-order valence-electron chi connectivity index (χ4n) is 4.86. The first-order valence-electron chi connectivity index (χ1n) is 10.6. The van der Waals surface area contributed by atoms with Crippen molar-refractivity contribution in [1.82, 2.24) is 29.3 Å². The first kappa shape index (κ1) is 17.4. The van der Waals surface area contributed by atoms with Crippen molar-refractivity contribution in [1.29, 1.82) is 0 Å². The van der Waals surface area contributed by atoms with Crippen molar-refractivity contribution in [3.05, 3.63) is 39.0 Å². The molecule has 4 aromatic heterocycles. The Bertz CT molecular complexity index is 1260. The third-order valence-electron chi connectivity index (χ3n) is 6.61. The van der Waals surface area contributed by atoms with E-state index in [1.165, 1.54) is 32.1 Å². The van der Waals surface area contributed by atoms with Crippen LogP contribution in [0.15, 0.2) is 23.3 Å². The SMILES string of the molecule is C[C@@H]1CCCC[C@@H]1n1c(=O)n(Cc2nnc(C3CC3)s2)c2cnc3[nH]ccc3c21. The van der Waals surface area contributed by atoms with E-state index in [1.807, 2.05) is 23.0 Å². The van der Waals surface area contributed by atoms with E-state index in [4.69, 9.17) is 0 Å². The third-order valence-corrected chi connectivity index (χ3v) is 7.68. The van der Waals surface area contributed by atoms with Gasteiger partial charge in [-0.2, -0.15) is 0 Å². The summed E-state index contributed by atoms with van der Waals surface area (Å²) < 4.78 is 3.91. The van der Waals surface area contributed by atoms with Gasteiger partial charge < -0.3 is 4.98 Å². The number of rotatable bonds is 4. The minimum Gasteiger partial charge on any atom is -0.346 e. The molecule has 2 fully saturated rings.